The lowest BCUT2D eigenvalue weighted by atomic mass is 11.2. The average molecular weight is 215 g/mol. The quantitative estimate of drug-likeness (QED) is 0.318. The van der Waals surface area contributed by atoms with Crippen LogP contribution in [0.25, 0.3) is 0 Å². The summed E-state index contributed by atoms with van der Waals surface area (Å²) in [5.74, 6) is 0. The molecule has 0 aromatic carbocycles. The van der Waals surface area contributed by atoms with E-state index in [2.05, 4.69) is 5.32 Å². The summed E-state index contributed by atoms with van der Waals surface area (Å²) in [5, 5.41) is 2.15. The normalized spacial score (nSPS) is 20.0. The van der Waals surface area contributed by atoms with Crippen LogP contribution in [-0.4, -0.2) is 22.7 Å². The zero-order chi connectivity index (χ0) is 3.54. The highest BCUT2D eigenvalue weighted by molar-refractivity contribution is 6.26. The molecule has 1 aliphatic heterocycles. The fourth-order valence-electron chi connectivity index (χ4n) is 0.295. The van der Waals surface area contributed by atoms with Crippen molar-refractivity contribution < 1.29 is 33.7 Å². The van der Waals surface area contributed by atoms with Crippen molar-refractivity contribution in [3.63, 3.8) is 0 Å². The lowest BCUT2D eigenvalue weighted by Crippen LogP contribution is -3.00. The fraction of sp³-hybridized carbons (Fsp3) is 1.00. The Kier molecular flexibility index (Phi) is 4.62. The molecule has 0 atom stereocenters. The van der Waals surface area contributed by atoms with E-state index in [1.807, 2.05) is 0 Å². The molecule has 6 heavy (non-hydrogen) atoms. The highest BCUT2D eigenvalue weighted by atomic mass is 127. The van der Waals surface area contributed by atoms with E-state index in [0.29, 0.717) is 0 Å². The van der Waals surface area contributed by atoms with Crippen LogP contribution in [0.5, 0.6) is 0 Å². The third-order valence-electron chi connectivity index (χ3n) is 0.531. The Labute approximate surface area is 56.6 Å². The van der Waals surface area contributed by atoms with Gasteiger partial charge in [0.05, 0.1) is 6.17 Å². The van der Waals surface area contributed by atoms with Gasteiger partial charge in [-0.05, 0) is 0 Å². The summed E-state index contributed by atoms with van der Waals surface area (Å²) in [6.45, 7) is 0.887. The summed E-state index contributed by atoms with van der Waals surface area (Å²) in [7, 11) is 0.753. The van der Waals surface area contributed by atoms with Crippen LogP contribution in [0.1, 0.15) is 0 Å². The Balaban J connectivity index is 0.000000250. The zero-order valence-corrected chi connectivity index (χ0v) is 6.44. The van der Waals surface area contributed by atoms with Gasteiger partial charge in [0.2, 0.25) is 0 Å². The SMILES string of the molecule is C1[NH2+]C[Si]O1.[I-]. The molecule has 1 saturated heterocycles. The van der Waals surface area contributed by atoms with Gasteiger partial charge in [0.1, 0.15) is 0 Å². The number of hydrogen-bond donors (Lipinski definition) is 1. The Morgan fingerprint density at radius 3 is 2.67 bits per heavy atom. The standard InChI is InChI=1S/C2H5NOSi.HI/c1-3-2-5-4-1;/h3H,1-2H2;1H. The monoisotopic (exact) mass is 215 g/mol. The number of hydrogen-bond acceptors (Lipinski definition) is 1. The highest BCUT2D eigenvalue weighted by Crippen LogP contribution is 1.60. The van der Waals surface area contributed by atoms with E-state index < -0.39 is 0 Å². The number of quaternary nitrogens is 1. The molecule has 36 valence electrons. The van der Waals surface area contributed by atoms with Crippen LogP contribution < -0.4 is 29.3 Å². The Morgan fingerprint density at radius 2 is 2.50 bits per heavy atom. The molecule has 4 heteroatoms. The second-order valence-electron chi connectivity index (χ2n) is 0.948. The van der Waals surface area contributed by atoms with E-state index in [1.165, 1.54) is 6.17 Å². The molecular formula is C2H6INOSi. The molecule has 0 aromatic heterocycles. The molecule has 0 amide bonds. The maximum absolute atomic E-state index is 4.92. The van der Waals surface area contributed by atoms with Gasteiger partial charge in [-0.3, -0.25) is 0 Å². The van der Waals surface area contributed by atoms with Gasteiger partial charge in [0.25, 0.3) is 0 Å². The molecule has 2 nitrogen and oxygen atoms in total. The first-order valence-corrected chi connectivity index (χ1v) is 2.78. The molecule has 0 bridgehead atoms. The first kappa shape index (κ1) is 6.87. The maximum atomic E-state index is 4.92. The molecule has 0 aliphatic carbocycles. The zero-order valence-electron chi connectivity index (χ0n) is 3.28. The lowest BCUT2D eigenvalue weighted by molar-refractivity contribution is -0.649. The van der Waals surface area contributed by atoms with Gasteiger partial charge in [-0.2, -0.15) is 0 Å². The minimum atomic E-state index is 0. The number of nitrogens with two attached hydrogens (primary N) is 1. The van der Waals surface area contributed by atoms with Crippen molar-refractivity contribution in [3.8, 4) is 0 Å². The second-order valence-corrected chi connectivity index (χ2v) is 1.93. The van der Waals surface area contributed by atoms with Gasteiger partial charge in [-0.25, -0.2) is 0 Å². The van der Waals surface area contributed by atoms with Crippen LogP contribution in [0, 0.1) is 0 Å². The highest BCUT2D eigenvalue weighted by Gasteiger charge is 2.00. The van der Waals surface area contributed by atoms with Crippen LogP contribution in [0.3, 0.4) is 0 Å². The molecule has 1 rings (SSSR count). The minimum absolute atomic E-state index is 0. The molecule has 2 radical (unpaired) electrons. The fourth-order valence-corrected chi connectivity index (χ4v) is 0.884. The molecular weight excluding hydrogens is 209 g/mol. The van der Waals surface area contributed by atoms with E-state index in [1.54, 1.807) is 0 Å². The Bertz CT molecular complexity index is 25.1. The predicted octanol–water partition coefficient (Wildman–Crippen LogP) is -4.88. The molecule has 0 unspecified atom stereocenters. The van der Waals surface area contributed by atoms with Crippen molar-refractivity contribution in [1.82, 2.24) is 0 Å². The molecule has 0 saturated carbocycles. The predicted molar refractivity (Wildman–Crippen MR) is 18.5 cm³/mol. The van der Waals surface area contributed by atoms with Gasteiger partial charge in [-0.15, -0.1) is 0 Å². The van der Waals surface area contributed by atoms with Crippen molar-refractivity contribution in [2.75, 3.05) is 12.9 Å². The first-order valence-electron chi connectivity index (χ1n) is 1.66. The largest absolute Gasteiger partial charge is 1.00 e. The number of halogens is 1. The van der Waals surface area contributed by atoms with Crippen LogP contribution in [0.2, 0.25) is 0 Å². The topological polar surface area (TPSA) is 25.8 Å². The lowest BCUT2D eigenvalue weighted by Gasteiger charge is -1.74. The Morgan fingerprint density at radius 1 is 1.67 bits per heavy atom. The van der Waals surface area contributed by atoms with Crippen molar-refractivity contribution in [2.45, 2.75) is 0 Å². The first-order chi connectivity index (χ1) is 2.50. The minimum Gasteiger partial charge on any atom is -1.00 e. The summed E-state index contributed by atoms with van der Waals surface area (Å²) in [5.41, 5.74) is 0. The maximum Gasteiger partial charge on any atom is 0.306 e. The van der Waals surface area contributed by atoms with Crippen molar-refractivity contribution in [3.05, 3.63) is 0 Å². The van der Waals surface area contributed by atoms with E-state index in [-0.39, 0.29) is 24.0 Å². The molecule has 0 spiro atoms. The van der Waals surface area contributed by atoms with Crippen LogP contribution >= 0.6 is 0 Å². The van der Waals surface area contributed by atoms with Crippen molar-refractivity contribution >= 4 is 9.76 Å². The third-order valence-corrected chi connectivity index (χ3v) is 1.36. The van der Waals surface area contributed by atoms with Gasteiger partial charge in [-0.1, -0.05) is 0 Å². The average Bonchev–Trinajstić information content (AvgIpc) is 1.76. The molecule has 1 aliphatic rings. The smallest absolute Gasteiger partial charge is 0.306 e. The molecule has 1 fully saturated rings. The summed E-state index contributed by atoms with van der Waals surface area (Å²) < 4.78 is 4.92. The summed E-state index contributed by atoms with van der Waals surface area (Å²) in [6, 6.07) is 0. The molecule has 0 aromatic rings. The van der Waals surface area contributed by atoms with Crippen LogP contribution in [0.15, 0.2) is 0 Å². The second kappa shape index (κ2) is 4.04. The summed E-state index contributed by atoms with van der Waals surface area (Å²) in [4.78, 5) is 0. The van der Waals surface area contributed by atoms with E-state index in [4.69, 9.17) is 4.43 Å². The molecule has 1 heterocycles. The van der Waals surface area contributed by atoms with Crippen molar-refractivity contribution in [2.24, 2.45) is 0 Å². The molecule has 2 N–H and O–H groups in total. The van der Waals surface area contributed by atoms with Crippen molar-refractivity contribution in [1.29, 1.82) is 0 Å². The Hall–Kier alpha value is 0.867. The van der Waals surface area contributed by atoms with Gasteiger partial charge < -0.3 is 33.7 Å². The number of rotatable bonds is 0. The van der Waals surface area contributed by atoms with Gasteiger partial charge in [0, 0.05) is 0 Å². The third kappa shape index (κ3) is 2.11. The summed E-state index contributed by atoms with van der Waals surface area (Å²) >= 11 is 0. The van der Waals surface area contributed by atoms with Crippen LogP contribution in [0.4, 0.5) is 0 Å². The van der Waals surface area contributed by atoms with Gasteiger partial charge in [0.15, 0.2) is 6.73 Å². The van der Waals surface area contributed by atoms with E-state index in [0.717, 1.165) is 16.5 Å². The van der Waals surface area contributed by atoms with E-state index >= 15 is 0 Å². The van der Waals surface area contributed by atoms with E-state index in [9.17, 15) is 0 Å². The summed E-state index contributed by atoms with van der Waals surface area (Å²) in [6.07, 6.45) is 1.18. The van der Waals surface area contributed by atoms with Crippen LogP contribution in [-0.2, 0) is 4.43 Å². The van der Waals surface area contributed by atoms with Gasteiger partial charge >= 0.3 is 9.76 Å².